The molecule has 0 aliphatic carbocycles. The number of carbonyl (C=O) groups is 1. The van der Waals surface area contributed by atoms with Gasteiger partial charge in [0.15, 0.2) is 0 Å². The van der Waals surface area contributed by atoms with Crippen molar-refractivity contribution in [3.63, 3.8) is 0 Å². The third-order valence-electron chi connectivity index (χ3n) is 3.05. The van der Waals surface area contributed by atoms with Gasteiger partial charge in [0.25, 0.3) is 5.91 Å². The van der Waals surface area contributed by atoms with Gasteiger partial charge in [-0.25, -0.2) is 18.4 Å². The minimum Gasteiger partial charge on any atom is -0.320 e. The van der Waals surface area contributed by atoms with Gasteiger partial charge in [0.1, 0.15) is 24.3 Å². The molecule has 8 heteroatoms. The number of benzene rings is 2. The highest BCUT2D eigenvalue weighted by atomic mass is 35.5. The molecule has 2 aromatic carbocycles. The summed E-state index contributed by atoms with van der Waals surface area (Å²) in [7, 11) is 0. The van der Waals surface area contributed by atoms with E-state index in [0.29, 0.717) is 22.5 Å². The van der Waals surface area contributed by atoms with Crippen LogP contribution in [0.25, 0.3) is 5.69 Å². The Balaban J connectivity index is 1.96. The van der Waals surface area contributed by atoms with Gasteiger partial charge in [0.2, 0.25) is 0 Å². The summed E-state index contributed by atoms with van der Waals surface area (Å²) in [5.41, 5.74) is 0.537. The molecule has 0 saturated heterocycles. The standard InChI is InChI=1S/C15H9ClF2N4O/c16-9-1-4-14(22-8-19-7-20-22)13(5-9)21-15(23)11-3-2-10(17)6-12(11)18/h1-8H,(H,21,23). The smallest absolute Gasteiger partial charge is 0.258 e. The SMILES string of the molecule is O=C(Nc1cc(Cl)ccc1-n1cncn1)c1ccc(F)cc1F. The molecule has 3 aromatic rings. The Bertz CT molecular complexity index is 868. The summed E-state index contributed by atoms with van der Waals surface area (Å²) in [6, 6.07) is 7.47. The van der Waals surface area contributed by atoms with Crippen molar-refractivity contribution in [1.82, 2.24) is 14.8 Å². The number of halogens is 3. The zero-order chi connectivity index (χ0) is 16.4. The molecule has 0 fully saturated rings. The van der Waals surface area contributed by atoms with E-state index < -0.39 is 17.5 Å². The highest BCUT2D eigenvalue weighted by Crippen LogP contribution is 2.25. The van der Waals surface area contributed by atoms with Gasteiger partial charge in [-0.2, -0.15) is 5.10 Å². The average Bonchev–Trinajstić information content (AvgIpc) is 3.01. The number of rotatable bonds is 3. The third-order valence-corrected chi connectivity index (χ3v) is 3.28. The van der Waals surface area contributed by atoms with E-state index in [9.17, 15) is 13.6 Å². The molecule has 0 saturated carbocycles. The number of nitrogens with zero attached hydrogens (tertiary/aromatic N) is 3. The number of amides is 1. The van der Waals surface area contributed by atoms with Crippen molar-refractivity contribution < 1.29 is 13.6 Å². The second kappa shape index (κ2) is 6.13. The van der Waals surface area contributed by atoms with Gasteiger partial charge in [-0.1, -0.05) is 11.6 Å². The van der Waals surface area contributed by atoms with Crippen molar-refractivity contribution >= 4 is 23.2 Å². The van der Waals surface area contributed by atoms with Crippen molar-refractivity contribution in [3.05, 3.63) is 71.3 Å². The molecule has 0 bridgehead atoms. The van der Waals surface area contributed by atoms with Gasteiger partial charge in [-0.05, 0) is 30.3 Å². The molecule has 0 unspecified atom stereocenters. The summed E-state index contributed by atoms with van der Waals surface area (Å²) in [6.45, 7) is 0. The third kappa shape index (κ3) is 3.19. The summed E-state index contributed by atoms with van der Waals surface area (Å²) in [6.07, 6.45) is 2.78. The van der Waals surface area contributed by atoms with Gasteiger partial charge < -0.3 is 5.32 Å². The largest absolute Gasteiger partial charge is 0.320 e. The lowest BCUT2D eigenvalue weighted by atomic mass is 10.2. The van der Waals surface area contributed by atoms with E-state index in [0.717, 1.165) is 12.1 Å². The first-order chi connectivity index (χ1) is 11.0. The lowest BCUT2D eigenvalue weighted by Crippen LogP contribution is -2.15. The molecular weight excluding hydrogens is 326 g/mol. The van der Waals surface area contributed by atoms with Gasteiger partial charge in [-0.15, -0.1) is 0 Å². The summed E-state index contributed by atoms with van der Waals surface area (Å²) >= 11 is 5.94. The number of hydrogen-bond acceptors (Lipinski definition) is 3. The van der Waals surface area contributed by atoms with Crippen LogP contribution in [-0.2, 0) is 0 Å². The van der Waals surface area contributed by atoms with E-state index >= 15 is 0 Å². The van der Waals surface area contributed by atoms with E-state index in [1.54, 1.807) is 12.1 Å². The molecule has 0 atom stereocenters. The predicted molar refractivity (Wildman–Crippen MR) is 80.7 cm³/mol. The average molecular weight is 335 g/mol. The first kappa shape index (κ1) is 15.1. The molecule has 1 amide bonds. The topological polar surface area (TPSA) is 59.8 Å². The normalized spacial score (nSPS) is 10.6. The molecule has 3 rings (SSSR count). The van der Waals surface area contributed by atoms with E-state index in [1.165, 1.54) is 23.4 Å². The molecule has 0 radical (unpaired) electrons. The zero-order valence-corrected chi connectivity index (χ0v) is 12.3. The van der Waals surface area contributed by atoms with Crippen LogP contribution in [0.2, 0.25) is 5.02 Å². The molecule has 0 aliphatic rings. The van der Waals surface area contributed by atoms with Crippen molar-refractivity contribution in [3.8, 4) is 5.69 Å². The lowest BCUT2D eigenvalue weighted by Gasteiger charge is -2.11. The summed E-state index contributed by atoms with van der Waals surface area (Å²) in [5.74, 6) is -2.44. The molecule has 1 heterocycles. The monoisotopic (exact) mass is 334 g/mol. The minimum absolute atomic E-state index is 0.282. The van der Waals surface area contributed by atoms with Gasteiger partial charge >= 0.3 is 0 Å². The molecule has 5 nitrogen and oxygen atoms in total. The molecule has 1 N–H and O–H groups in total. The molecule has 0 spiro atoms. The Morgan fingerprint density at radius 1 is 1.17 bits per heavy atom. The van der Waals surface area contributed by atoms with E-state index in [-0.39, 0.29) is 5.56 Å². The van der Waals surface area contributed by atoms with Crippen LogP contribution in [-0.4, -0.2) is 20.7 Å². The predicted octanol–water partition coefficient (Wildman–Crippen LogP) is 3.45. The van der Waals surface area contributed by atoms with Crippen LogP contribution in [0.1, 0.15) is 10.4 Å². The van der Waals surface area contributed by atoms with Gasteiger partial charge in [0, 0.05) is 11.1 Å². The second-order valence-electron chi connectivity index (χ2n) is 4.58. The fourth-order valence-electron chi connectivity index (χ4n) is 2.00. The van der Waals surface area contributed by atoms with Crippen LogP contribution in [0.3, 0.4) is 0 Å². The number of anilines is 1. The molecule has 1 aromatic heterocycles. The Hall–Kier alpha value is -2.80. The van der Waals surface area contributed by atoms with Crippen LogP contribution >= 0.6 is 11.6 Å². The maximum Gasteiger partial charge on any atom is 0.258 e. The Morgan fingerprint density at radius 2 is 2.00 bits per heavy atom. The maximum absolute atomic E-state index is 13.7. The van der Waals surface area contributed by atoms with Crippen molar-refractivity contribution in [2.24, 2.45) is 0 Å². The first-order valence-electron chi connectivity index (χ1n) is 6.45. The van der Waals surface area contributed by atoms with E-state index in [1.807, 2.05) is 0 Å². The first-order valence-corrected chi connectivity index (χ1v) is 6.83. The Morgan fingerprint density at radius 3 is 2.70 bits per heavy atom. The highest BCUT2D eigenvalue weighted by molar-refractivity contribution is 6.31. The minimum atomic E-state index is -0.952. The maximum atomic E-state index is 13.7. The van der Waals surface area contributed by atoms with E-state index in [4.69, 9.17) is 11.6 Å². The van der Waals surface area contributed by atoms with Crippen LogP contribution in [0.4, 0.5) is 14.5 Å². The van der Waals surface area contributed by atoms with Crippen molar-refractivity contribution in [1.29, 1.82) is 0 Å². The number of nitrogens with one attached hydrogen (secondary N) is 1. The van der Waals surface area contributed by atoms with Gasteiger partial charge in [0.05, 0.1) is 16.9 Å². The summed E-state index contributed by atoms with van der Waals surface area (Å²) in [4.78, 5) is 16.0. The number of carbonyl (C=O) groups excluding carboxylic acids is 1. The van der Waals surface area contributed by atoms with Crippen molar-refractivity contribution in [2.45, 2.75) is 0 Å². The Kier molecular flexibility index (Phi) is 4.03. The fraction of sp³-hybridized carbons (Fsp3) is 0. The summed E-state index contributed by atoms with van der Waals surface area (Å²) in [5, 5.41) is 6.89. The lowest BCUT2D eigenvalue weighted by molar-refractivity contribution is 0.102. The van der Waals surface area contributed by atoms with Crippen molar-refractivity contribution in [2.75, 3.05) is 5.32 Å². The molecule has 0 aliphatic heterocycles. The van der Waals surface area contributed by atoms with Crippen LogP contribution in [0.15, 0.2) is 49.1 Å². The highest BCUT2D eigenvalue weighted by Gasteiger charge is 2.15. The Labute approximate surface area is 134 Å². The quantitative estimate of drug-likeness (QED) is 0.798. The molecular formula is C15H9ClF2N4O. The van der Waals surface area contributed by atoms with Crippen LogP contribution in [0.5, 0.6) is 0 Å². The van der Waals surface area contributed by atoms with E-state index in [2.05, 4.69) is 15.4 Å². The molecule has 23 heavy (non-hydrogen) atoms. The van der Waals surface area contributed by atoms with Gasteiger partial charge in [-0.3, -0.25) is 4.79 Å². The molecule has 116 valence electrons. The number of hydrogen-bond donors (Lipinski definition) is 1. The second-order valence-corrected chi connectivity index (χ2v) is 5.02. The fourth-order valence-corrected chi connectivity index (χ4v) is 2.18. The summed E-state index contributed by atoms with van der Waals surface area (Å²) < 4.78 is 28.1. The van der Waals surface area contributed by atoms with Crippen LogP contribution < -0.4 is 5.32 Å². The number of aromatic nitrogens is 3. The van der Waals surface area contributed by atoms with Crippen LogP contribution in [0, 0.1) is 11.6 Å². The zero-order valence-electron chi connectivity index (χ0n) is 11.5.